The number of hydrogen-bond acceptors (Lipinski definition) is 4. The summed E-state index contributed by atoms with van der Waals surface area (Å²) in [5.74, 6) is 5.41. The number of aromatic nitrogens is 2. The Morgan fingerprint density at radius 1 is 1.24 bits per heavy atom. The fourth-order valence-corrected chi connectivity index (χ4v) is 2.89. The molecule has 0 fully saturated rings. The van der Waals surface area contributed by atoms with Gasteiger partial charge in [0, 0.05) is 16.7 Å². The number of nitrogens with zero attached hydrogens (tertiary/aromatic N) is 1. The van der Waals surface area contributed by atoms with E-state index in [0.29, 0.717) is 11.4 Å². The average molecular weight is 298 g/mol. The highest BCUT2D eigenvalue weighted by Crippen LogP contribution is 2.25. The SMILES string of the molecule is NNC(=O)c1cccc(CSc2cc3ccccc3[nH]2)n1. The van der Waals surface area contributed by atoms with Crippen LogP contribution in [0.3, 0.4) is 0 Å². The molecule has 2 aromatic heterocycles. The minimum atomic E-state index is -0.382. The summed E-state index contributed by atoms with van der Waals surface area (Å²) in [4.78, 5) is 19.1. The molecule has 0 saturated heterocycles. The van der Waals surface area contributed by atoms with Crippen LogP contribution in [0.15, 0.2) is 53.6 Å². The summed E-state index contributed by atoms with van der Waals surface area (Å²) in [6.45, 7) is 0. The molecular formula is C15H14N4OS. The van der Waals surface area contributed by atoms with Crippen LogP contribution in [0.2, 0.25) is 0 Å². The zero-order valence-electron chi connectivity index (χ0n) is 11.2. The number of H-pyrrole nitrogens is 1. The number of nitrogen functional groups attached to an aromatic ring is 1. The van der Waals surface area contributed by atoms with Gasteiger partial charge in [-0.2, -0.15) is 0 Å². The maximum Gasteiger partial charge on any atom is 0.283 e. The number of hydrazine groups is 1. The maximum absolute atomic E-state index is 11.4. The number of pyridine rings is 1. The lowest BCUT2D eigenvalue weighted by molar-refractivity contribution is 0.0948. The zero-order chi connectivity index (χ0) is 14.7. The van der Waals surface area contributed by atoms with Crippen LogP contribution in [0.5, 0.6) is 0 Å². The number of fused-ring (bicyclic) bond motifs is 1. The minimum absolute atomic E-state index is 0.326. The second-order valence-electron chi connectivity index (χ2n) is 4.50. The molecule has 3 aromatic rings. The third-order valence-electron chi connectivity index (χ3n) is 3.05. The Bertz CT molecular complexity index is 751. The molecule has 5 nitrogen and oxygen atoms in total. The fraction of sp³-hybridized carbons (Fsp3) is 0.0667. The molecule has 0 aliphatic rings. The number of carbonyl (C=O) groups is 1. The van der Waals surface area contributed by atoms with E-state index in [1.807, 2.05) is 24.3 Å². The second kappa shape index (κ2) is 5.99. The lowest BCUT2D eigenvalue weighted by Gasteiger charge is -2.02. The minimum Gasteiger partial charge on any atom is -0.350 e. The molecule has 21 heavy (non-hydrogen) atoms. The molecule has 0 radical (unpaired) electrons. The maximum atomic E-state index is 11.4. The first-order chi connectivity index (χ1) is 10.3. The van der Waals surface area contributed by atoms with Crippen molar-refractivity contribution in [2.75, 3.05) is 0 Å². The second-order valence-corrected chi connectivity index (χ2v) is 5.51. The number of rotatable bonds is 4. The Labute approximate surface area is 125 Å². The van der Waals surface area contributed by atoms with Crippen LogP contribution in [-0.4, -0.2) is 15.9 Å². The summed E-state index contributed by atoms with van der Waals surface area (Å²) >= 11 is 1.65. The molecule has 2 heterocycles. The molecule has 1 aromatic carbocycles. The van der Waals surface area contributed by atoms with Crippen molar-refractivity contribution in [3.63, 3.8) is 0 Å². The molecule has 6 heteroatoms. The van der Waals surface area contributed by atoms with Gasteiger partial charge in [0.15, 0.2) is 0 Å². The Morgan fingerprint density at radius 2 is 2.10 bits per heavy atom. The van der Waals surface area contributed by atoms with Crippen LogP contribution < -0.4 is 11.3 Å². The molecule has 0 atom stereocenters. The summed E-state index contributed by atoms with van der Waals surface area (Å²) in [7, 11) is 0. The van der Waals surface area contributed by atoms with Gasteiger partial charge in [-0.05, 0) is 24.3 Å². The molecule has 1 amide bonds. The van der Waals surface area contributed by atoms with Crippen LogP contribution in [0.4, 0.5) is 0 Å². The van der Waals surface area contributed by atoms with Gasteiger partial charge in [-0.25, -0.2) is 10.8 Å². The average Bonchev–Trinajstić information content (AvgIpc) is 2.95. The van der Waals surface area contributed by atoms with Crippen LogP contribution in [0.1, 0.15) is 16.2 Å². The third-order valence-corrected chi connectivity index (χ3v) is 4.02. The molecule has 4 N–H and O–H groups in total. The number of amides is 1. The fourth-order valence-electron chi connectivity index (χ4n) is 2.04. The number of nitrogens with two attached hydrogens (primary N) is 1. The van der Waals surface area contributed by atoms with E-state index in [9.17, 15) is 4.79 Å². The Morgan fingerprint density at radius 3 is 2.90 bits per heavy atom. The van der Waals surface area contributed by atoms with E-state index in [2.05, 4.69) is 27.5 Å². The number of thioether (sulfide) groups is 1. The standard InChI is InChI=1S/C15H14N4OS/c16-19-15(20)13-7-3-5-11(17-13)9-21-14-8-10-4-1-2-6-12(10)18-14/h1-8,18H,9,16H2,(H,19,20). The monoisotopic (exact) mass is 298 g/mol. The number of nitrogens with one attached hydrogen (secondary N) is 2. The number of aromatic amines is 1. The number of para-hydroxylation sites is 1. The van der Waals surface area contributed by atoms with Gasteiger partial charge in [0.2, 0.25) is 0 Å². The van der Waals surface area contributed by atoms with Crippen molar-refractivity contribution < 1.29 is 4.79 Å². The lowest BCUT2D eigenvalue weighted by Crippen LogP contribution is -2.30. The molecule has 0 saturated carbocycles. The predicted octanol–water partition coefficient (Wildman–Crippen LogP) is 2.46. The highest BCUT2D eigenvalue weighted by Gasteiger charge is 2.07. The zero-order valence-corrected chi connectivity index (χ0v) is 12.0. The molecular weight excluding hydrogens is 284 g/mol. The highest BCUT2D eigenvalue weighted by atomic mass is 32.2. The topological polar surface area (TPSA) is 83.8 Å². The van der Waals surface area contributed by atoms with E-state index >= 15 is 0 Å². The van der Waals surface area contributed by atoms with Gasteiger partial charge in [0.25, 0.3) is 5.91 Å². The largest absolute Gasteiger partial charge is 0.350 e. The molecule has 106 valence electrons. The molecule has 0 aliphatic heterocycles. The summed E-state index contributed by atoms with van der Waals surface area (Å²) in [5, 5.41) is 2.26. The van der Waals surface area contributed by atoms with Crippen LogP contribution in [0.25, 0.3) is 10.9 Å². The summed E-state index contributed by atoms with van der Waals surface area (Å²) in [6, 6.07) is 15.6. The van der Waals surface area contributed by atoms with E-state index in [-0.39, 0.29) is 5.91 Å². The smallest absolute Gasteiger partial charge is 0.283 e. The molecule has 0 spiro atoms. The predicted molar refractivity (Wildman–Crippen MR) is 83.8 cm³/mol. The van der Waals surface area contributed by atoms with Gasteiger partial charge in [-0.1, -0.05) is 24.3 Å². The van der Waals surface area contributed by atoms with Crippen molar-refractivity contribution in [2.24, 2.45) is 5.84 Å². The lowest BCUT2D eigenvalue weighted by atomic mass is 10.3. The van der Waals surface area contributed by atoms with Crippen LogP contribution in [-0.2, 0) is 5.75 Å². The van der Waals surface area contributed by atoms with Gasteiger partial charge >= 0.3 is 0 Å². The van der Waals surface area contributed by atoms with Gasteiger partial charge < -0.3 is 4.98 Å². The molecule has 0 aliphatic carbocycles. The number of benzene rings is 1. The van der Waals surface area contributed by atoms with Gasteiger partial charge in [-0.3, -0.25) is 10.2 Å². The van der Waals surface area contributed by atoms with Crippen molar-refractivity contribution in [1.82, 2.24) is 15.4 Å². The van der Waals surface area contributed by atoms with Gasteiger partial charge in [0.05, 0.1) is 10.7 Å². The Kier molecular flexibility index (Phi) is 3.89. The summed E-state index contributed by atoms with van der Waals surface area (Å²) < 4.78 is 0. The quantitative estimate of drug-likeness (QED) is 0.299. The van der Waals surface area contributed by atoms with Crippen molar-refractivity contribution >= 4 is 28.6 Å². The van der Waals surface area contributed by atoms with E-state index in [1.165, 1.54) is 5.39 Å². The van der Waals surface area contributed by atoms with Crippen LogP contribution in [0, 0.1) is 0 Å². The Balaban J connectivity index is 1.73. The van der Waals surface area contributed by atoms with E-state index < -0.39 is 0 Å². The van der Waals surface area contributed by atoms with Crippen LogP contribution >= 0.6 is 11.8 Å². The van der Waals surface area contributed by atoms with Gasteiger partial charge in [-0.15, -0.1) is 11.8 Å². The summed E-state index contributed by atoms with van der Waals surface area (Å²) in [6.07, 6.45) is 0. The molecule has 0 bridgehead atoms. The first-order valence-electron chi connectivity index (χ1n) is 6.44. The van der Waals surface area contributed by atoms with Crippen molar-refractivity contribution in [2.45, 2.75) is 10.8 Å². The van der Waals surface area contributed by atoms with Crippen molar-refractivity contribution in [3.8, 4) is 0 Å². The summed E-state index contributed by atoms with van der Waals surface area (Å²) in [5.41, 5.74) is 4.36. The highest BCUT2D eigenvalue weighted by molar-refractivity contribution is 7.98. The first-order valence-corrected chi connectivity index (χ1v) is 7.42. The van der Waals surface area contributed by atoms with Crippen molar-refractivity contribution in [3.05, 3.63) is 59.9 Å². The van der Waals surface area contributed by atoms with E-state index in [0.717, 1.165) is 16.2 Å². The third kappa shape index (κ3) is 3.07. The Hall–Kier alpha value is -2.31. The molecule has 3 rings (SSSR count). The molecule has 0 unspecified atom stereocenters. The number of carbonyl (C=O) groups excluding carboxylic acids is 1. The normalized spacial score (nSPS) is 10.7. The van der Waals surface area contributed by atoms with E-state index in [4.69, 9.17) is 5.84 Å². The van der Waals surface area contributed by atoms with Crippen molar-refractivity contribution in [1.29, 1.82) is 0 Å². The number of hydrogen-bond donors (Lipinski definition) is 3. The van der Waals surface area contributed by atoms with Gasteiger partial charge in [0.1, 0.15) is 5.69 Å². The first kappa shape index (κ1) is 13.7. The van der Waals surface area contributed by atoms with E-state index in [1.54, 1.807) is 23.9 Å².